The fourth-order valence-electron chi connectivity index (χ4n) is 2.40. The number of carboxylic acid groups (broad SMARTS) is 1. The van der Waals surface area contributed by atoms with Crippen LogP contribution in [0.2, 0.25) is 0 Å². The van der Waals surface area contributed by atoms with Crippen LogP contribution in [0.4, 0.5) is 5.69 Å². The first-order chi connectivity index (χ1) is 10.4. The number of hydrogen-bond donors (Lipinski definition) is 2. The molecule has 1 aromatic rings. The van der Waals surface area contributed by atoms with E-state index in [0.29, 0.717) is 38.4 Å². The maximum Gasteiger partial charge on any atom is 0.317 e. The van der Waals surface area contributed by atoms with Gasteiger partial charge in [0.2, 0.25) is 0 Å². The Balaban J connectivity index is 1.83. The lowest BCUT2D eigenvalue weighted by Crippen LogP contribution is -2.48. The molecule has 0 spiro atoms. The molecule has 0 aromatic heterocycles. The van der Waals surface area contributed by atoms with Gasteiger partial charge < -0.3 is 10.8 Å². The number of anilines is 1. The number of carboxylic acids is 1. The third kappa shape index (κ3) is 4.69. The molecular weight excluding hydrogens is 306 g/mol. The van der Waals surface area contributed by atoms with Crippen LogP contribution in [0.1, 0.15) is 0 Å². The van der Waals surface area contributed by atoms with Gasteiger partial charge in [0.25, 0.3) is 0 Å². The molecule has 7 nitrogen and oxygen atoms in total. The molecule has 0 saturated carbocycles. The summed E-state index contributed by atoms with van der Waals surface area (Å²) in [4.78, 5) is 14.8. The molecule has 122 valence electrons. The zero-order valence-electron chi connectivity index (χ0n) is 12.3. The minimum absolute atomic E-state index is 0.0393. The van der Waals surface area contributed by atoms with Crippen LogP contribution in [0, 0.1) is 0 Å². The zero-order valence-corrected chi connectivity index (χ0v) is 13.1. The quantitative estimate of drug-likeness (QED) is 0.694. The Morgan fingerprint density at radius 2 is 1.64 bits per heavy atom. The Bertz CT molecular complexity index is 607. The number of carbonyl (C=O) groups is 1. The molecule has 2 rings (SSSR count). The second-order valence-electron chi connectivity index (χ2n) is 5.40. The van der Waals surface area contributed by atoms with E-state index in [4.69, 9.17) is 10.8 Å². The molecule has 0 amide bonds. The van der Waals surface area contributed by atoms with Crippen molar-refractivity contribution in [1.29, 1.82) is 0 Å². The summed E-state index contributed by atoms with van der Waals surface area (Å²) in [6.07, 6.45) is 0. The lowest BCUT2D eigenvalue weighted by molar-refractivity contribution is -0.138. The topological polar surface area (TPSA) is 104 Å². The summed E-state index contributed by atoms with van der Waals surface area (Å²) in [6, 6.07) is 6.21. The van der Waals surface area contributed by atoms with Gasteiger partial charge in [0.05, 0.1) is 17.2 Å². The van der Waals surface area contributed by atoms with E-state index in [1.165, 1.54) is 12.1 Å². The van der Waals surface area contributed by atoms with E-state index in [-0.39, 0.29) is 17.2 Å². The summed E-state index contributed by atoms with van der Waals surface area (Å²) in [5.74, 6) is -0.782. The summed E-state index contributed by atoms with van der Waals surface area (Å²) < 4.78 is 24.5. The Morgan fingerprint density at radius 1 is 1.09 bits per heavy atom. The summed E-state index contributed by atoms with van der Waals surface area (Å²) in [5.41, 5.74) is 6.09. The number of nitrogens with zero attached hydrogens (tertiary/aromatic N) is 2. The SMILES string of the molecule is Nc1ccc(S(=O)(=O)CCN2CCN(CC(=O)O)CC2)cc1. The molecule has 0 aliphatic carbocycles. The van der Waals surface area contributed by atoms with Gasteiger partial charge in [-0.2, -0.15) is 0 Å². The van der Waals surface area contributed by atoms with Gasteiger partial charge in [-0.05, 0) is 24.3 Å². The highest BCUT2D eigenvalue weighted by Crippen LogP contribution is 2.14. The standard InChI is InChI=1S/C14H21N3O4S/c15-12-1-3-13(4-2-12)22(20,21)10-9-16-5-7-17(8-6-16)11-14(18)19/h1-4H,5-11,15H2,(H,18,19). The molecule has 1 aromatic carbocycles. The number of piperazine rings is 1. The van der Waals surface area contributed by atoms with E-state index in [1.54, 1.807) is 12.1 Å². The highest BCUT2D eigenvalue weighted by Gasteiger charge is 2.21. The number of aliphatic carboxylic acids is 1. The first-order valence-electron chi connectivity index (χ1n) is 7.11. The molecule has 0 unspecified atom stereocenters. The second kappa shape index (κ2) is 7.08. The van der Waals surface area contributed by atoms with Gasteiger partial charge >= 0.3 is 5.97 Å². The van der Waals surface area contributed by atoms with Gasteiger partial charge in [-0.1, -0.05) is 0 Å². The largest absolute Gasteiger partial charge is 0.480 e. The summed E-state index contributed by atoms with van der Waals surface area (Å²) in [7, 11) is -3.31. The van der Waals surface area contributed by atoms with Crippen LogP contribution >= 0.6 is 0 Å². The fraction of sp³-hybridized carbons (Fsp3) is 0.500. The van der Waals surface area contributed by atoms with E-state index in [0.717, 1.165) is 0 Å². The normalized spacial score (nSPS) is 17.5. The van der Waals surface area contributed by atoms with Crippen molar-refractivity contribution in [3.8, 4) is 0 Å². The molecule has 1 fully saturated rings. The lowest BCUT2D eigenvalue weighted by Gasteiger charge is -2.33. The molecule has 3 N–H and O–H groups in total. The van der Waals surface area contributed by atoms with Crippen LogP contribution < -0.4 is 5.73 Å². The molecule has 1 aliphatic heterocycles. The highest BCUT2D eigenvalue weighted by atomic mass is 32.2. The number of sulfone groups is 1. The average molecular weight is 327 g/mol. The first kappa shape index (κ1) is 16.7. The minimum Gasteiger partial charge on any atom is -0.480 e. The van der Waals surface area contributed by atoms with Crippen molar-refractivity contribution in [3.05, 3.63) is 24.3 Å². The molecule has 1 aliphatic rings. The maximum atomic E-state index is 12.2. The van der Waals surface area contributed by atoms with Gasteiger partial charge in [0, 0.05) is 38.4 Å². The highest BCUT2D eigenvalue weighted by molar-refractivity contribution is 7.91. The van der Waals surface area contributed by atoms with E-state index in [9.17, 15) is 13.2 Å². The van der Waals surface area contributed by atoms with Crippen molar-refractivity contribution in [2.45, 2.75) is 4.90 Å². The van der Waals surface area contributed by atoms with Crippen LogP contribution in [0.25, 0.3) is 0 Å². The Kier molecular flexibility index (Phi) is 5.38. The van der Waals surface area contributed by atoms with Gasteiger partial charge in [-0.25, -0.2) is 8.42 Å². The van der Waals surface area contributed by atoms with E-state index in [2.05, 4.69) is 0 Å². The second-order valence-corrected chi connectivity index (χ2v) is 7.51. The third-order valence-corrected chi connectivity index (χ3v) is 5.45. The Labute approximate surface area is 130 Å². The number of nitrogens with two attached hydrogens (primary N) is 1. The van der Waals surface area contributed by atoms with E-state index >= 15 is 0 Å². The number of rotatable bonds is 6. The Hall–Kier alpha value is -1.64. The van der Waals surface area contributed by atoms with Crippen molar-refractivity contribution < 1.29 is 18.3 Å². The first-order valence-corrected chi connectivity index (χ1v) is 8.77. The molecule has 8 heteroatoms. The van der Waals surface area contributed by atoms with Crippen molar-refractivity contribution in [1.82, 2.24) is 9.80 Å². The zero-order chi connectivity index (χ0) is 16.2. The molecule has 0 radical (unpaired) electrons. The van der Waals surface area contributed by atoms with E-state index < -0.39 is 15.8 Å². The average Bonchev–Trinajstić information content (AvgIpc) is 2.46. The van der Waals surface area contributed by atoms with Crippen molar-refractivity contribution in [2.75, 3.05) is 50.8 Å². The molecule has 0 bridgehead atoms. The maximum absolute atomic E-state index is 12.2. The summed E-state index contributed by atoms with van der Waals surface area (Å²) in [5, 5.41) is 8.74. The van der Waals surface area contributed by atoms with E-state index in [1.807, 2.05) is 9.80 Å². The molecule has 22 heavy (non-hydrogen) atoms. The van der Waals surface area contributed by atoms with Crippen molar-refractivity contribution in [3.63, 3.8) is 0 Å². The van der Waals surface area contributed by atoms with Crippen LogP contribution in [0.5, 0.6) is 0 Å². The molecule has 0 atom stereocenters. The van der Waals surface area contributed by atoms with Crippen LogP contribution in [0.3, 0.4) is 0 Å². The fourth-order valence-corrected chi connectivity index (χ4v) is 3.69. The monoisotopic (exact) mass is 327 g/mol. The van der Waals surface area contributed by atoms with Gasteiger partial charge in [0.15, 0.2) is 9.84 Å². The van der Waals surface area contributed by atoms with Crippen LogP contribution in [0.15, 0.2) is 29.2 Å². The smallest absolute Gasteiger partial charge is 0.317 e. The minimum atomic E-state index is -3.31. The van der Waals surface area contributed by atoms with Gasteiger partial charge in [-0.15, -0.1) is 0 Å². The van der Waals surface area contributed by atoms with Gasteiger partial charge in [0.1, 0.15) is 0 Å². The summed E-state index contributed by atoms with van der Waals surface area (Å²) >= 11 is 0. The number of hydrogen-bond acceptors (Lipinski definition) is 6. The van der Waals surface area contributed by atoms with Gasteiger partial charge in [-0.3, -0.25) is 14.6 Å². The number of nitrogen functional groups attached to an aromatic ring is 1. The third-order valence-electron chi connectivity index (χ3n) is 3.74. The van der Waals surface area contributed by atoms with Crippen LogP contribution in [-0.2, 0) is 14.6 Å². The predicted octanol–water partition coefficient (Wildman–Crippen LogP) is -0.255. The molecule has 1 heterocycles. The summed E-state index contributed by atoms with van der Waals surface area (Å²) in [6.45, 7) is 3.16. The lowest BCUT2D eigenvalue weighted by atomic mass is 10.3. The molecule has 1 saturated heterocycles. The number of benzene rings is 1. The van der Waals surface area contributed by atoms with Crippen LogP contribution in [-0.4, -0.2) is 74.3 Å². The Morgan fingerprint density at radius 3 is 2.18 bits per heavy atom. The predicted molar refractivity (Wildman–Crippen MR) is 83.4 cm³/mol. The van der Waals surface area contributed by atoms with Crippen molar-refractivity contribution in [2.24, 2.45) is 0 Å². The van der Waals surface area contributed by atoms with Crippen molar-refractivity contribution >= 4 is 21.5 Å². The molecular formula is C14H21N3O4S.